The van der Waals surface area contributed by atoms with Crippen LogP contribution in [0.25, 0.3) is 0 Å². The smallest absolute Gasteiger partial charge is 0.317 e. The van der Waals surface area contributed by atoms with E-state index in [1.807, 2.05) is 0 Å². The number of ether oxygens (including phenoxy) is 1. The number of carboxylic acid groups (broad SMARTS) is 1. The number of morpholine rings is 1. The van der Waals surface area contributed by atoms with Crippen molar-refractivity contribution in [2.45, 2.75) is 31.8 Å². The van der Waals surface area contributed by atoms with E-state index in [9.17, 15) is 9.59 Å². The highest BCUT2D eigenvalue weighted by Gasteiger charge is 2.27. The molecule has 3 N–H and O–H groups in total. The minimum Gasteiger partial charge on any atom is -0.481 e. The number of amides is 2. The lowest BCUT2D eigenvalue weighted by atomic mass is 9.82. The molecule has 7 heteroatoms. The summed E-state index contributed by atoms with van der Waals surface area (Å²) in [6.45, 7) is 1.90. The predicted molar refractivity (Wildman–Crippen MR) is 74.9 cm³/mol. The van der Waals surface area contributed by atoms with E-state index in [0.29, 0.717) is 45.0 Å². The van der Waals surface area contributed by atoms with Crippen LogP contribution >= 0.6 is 0 Å². The Morgan fingerprint density at radius 1 is 1.24 bits per heavy atom. The number of aliphatic hydroxyl groups excluding tert-OH is 1. The number of urea groups is 1. The van der Waals surface area contributed by atoms with Crippen LogP contribution in [0.5, 0.6) is 0 Å². The van der Waals surface area contributed by atoms with E-state index in [1.165, 1.54) is 0 Å². The number of carboxylic acids is 1. The molecule has 0 radical (unpaired) electrons. The van der Waals surface area contributed by atoms with Crippen molar-refractivity contribution in [3.05, 3.63) is 0 Å². The van der Waals surface area contributed by atoms with Gasteiger partial charge in [0.05, 0.1) is 31.8 Å². The van der Waals surface area contributed by atoms with Crippen LogP contribution in [0.15, 0.2) is 0 Å². The largest absolute Gasteiger partial charge is 0.481 e. The van der Waals surface area contributed by atoms with E-state index in [-0.39, 0.29) is 24.7 Å². The molecule has 0 aromatic carbocycles. The first kappa shape index (κ1) is 16.0. The minimum atomic E-state index is -0.708. The maximum absolute atomic E-state index is 12.1. The van der Waals surface area contributed by atoms with Crippen molar-refractivity contribution in [2.75, 3.05) is 32.8 Å². The third kappa shape index (κ3) is 4.57. The summed E-state index contributed by atoms with van der Waals surface area (Å²) >= 11 is 0. The summed E-state index contributed by atoms with van der Waals surface area (Å²) in [6, 6.07) is -0.128. The molecular formula is C14H24N2O5. The van der Waals surface area contributed by atoms with E-state index in [0.717, 1.165) is 12.8 Å². The van der Waals surface area contributed by atoms with Gasteiger partial charge in [-0.2, -0.15) is 0 Å². The van der Waals surface area contributed by atoms with Crippen molar-refractivity contribution in [3.8, 4) is 0 Å². The van der Waals surface area contributed by atoms with Gasteiger partial charge in [0.1, 0.15) is 0 Å². The number of nitrogens with one attached hydrogen (secondary N) is 1. The second-order valence-corrected chi connectivity index (χ2v) is 5.86. The molecule has 0 bridgehead atoms. The van der Waals surface area contributed by atoms with E-state index in [4.69, 9.17) is 14.9 Å². The van der Waals surface area contributed by atoms with Crippen molar-refractivity contribution in [1.29, 1.82) is 0 Å². The number of hydrogen-bond donors (Lipinski definition) is 3. The Morgan fingerprint density at radius 3 is 2.57 bits per heavy atom. The molecule has 7 nitrogen and oxygen atoms in total. The van der Waals surface area contributed by atoms with Gasteiger partial charge in [-0.25, -0.2) is 4.79 Å². The van der Waals surface area contributed by atoms with Gasteiger partial charge in [-0.15, -0.1) is 0 Å². The highest BCUT2D eigenvalue weighted by molar-refractivity contribution is 5.74. The molecule has 0 aromatic heterocycles. The molecule has 2 fully saturated rings. The SMILES string of the molecule is O=C(O)C1CCC(CNC(=O)N2CCOC(CO)C2)CC1. The summed E-state index contributed by atoms with van der Waals surface area (Å²) in [7, 11) is 0. The van der Waals surface area contributed by atoms with Crippen LogP contribution in [0.2, 0.25) is 0 Å². The highest BCUT2D eigenvalue weighted by Crippen LogP contribution is 2.28. The normalized spacial score (nSPS) is 30.0. The zero-order chi connectivity index (χ0) is 15.2. The molecule has 1 saturated carbocycles. The quantitative estimate of drug-likeness (QED) is 0.692. The molecule has 120 valence electrons. The molecule has 1 atom stereocenters. The fourth-order valence-electron chi connectivity index (χ4n) is 2.97. The van der Waals surface area contributed by atoms with Gasteiger partial charge in [-0.05, 0) is 31.6 Å². The fraction of sp³-hybridized carbons (Fsp3) is 0.857. The van der Waals surface area contributed by atoms with Crippen LogP contribution < -0.4 is 5.32 Å². The Hall–Kier alpha value is -1.34. The summed E-state index contributed by atoms with van der Waals surface area (Å²) in [5.74, 6) is -0.568. The fourth-order valence-corrected chi connectivity index (χ4v) is 2.97. The third-order valence-corrected chi connectivity index (χ3v) is 4.37. The molecular weight excluding hydrogens is 276 g/mol. The van der Waals surface area contributed by atoms with Gasteiger partial charge in [0, 0.05) is 13.1 Å². The Morgan fingerprint density at radius 2 is 1.95 bits per heavy atom. The summed E-state index contributed by atoms with van der Waals surface area (Å²) < 4.78 is 5.31. The molecule has 0 aromatic rings. The van der Waals surface area contributed by atoms with Crippen LogP contribution in [0.1, 0.15) is 25.7 Å². The van der Waals surface area contributed by atoms with Gasteiger partial charge in [-0.1, -0.05) is 0 Å². The van der Waals surface area contributed by atoms with Crippen molar-refractivity contribution < 1.29 is 24.5 Å². The van der Waals surface area contributed by atoms with Gasteiger partial charge in [0.2, 0.25) is 0 Å². The second-order valence-electron chi connectivity index (χ2n) is 5.86. The maximum Gasteiger partial charge on any atom is 0.317 e. The van der Waals surface area contributed by atoms with Gasteiger partial charge < -0.3 is 25.2 Å². The van der Waals surface area contributed by atoms with Crippen LogP contribution in [0, 0.1) is 11.8 Å². The number of hydrogen-bond acceptors (Lipinski definition) is 4. The summed E-state index contributed by atoms with van der Waals surface area (Å²) in [4.78, 5) is 24.6. The minimum absolute atomic E-state index is 0.0804. The molecule has 0 spiro atoms. The first-order chi connectivity index (χ1) is 10.1. The standard InChI is InChI=1S/C14H24N2O5/c17-9-12-8-16(5-6-21-12)14(20)15-7-10-1-3-11(4-2-10)13(18)19/h10-12,17H,1-9H2,(H,15,20)(H,18,19). The summed E-state index contributed by atoms with van der Waals surface area (Å²) in [5, 5.41) is 20.9. The highest BCUT2D eigenvalue weighted by atomic mass is 16.5. The zero-order valence-corrected chi connectivity index (χ0v) is 12.2. The van der Waals surface area contributed by atoms with Crippen LogP contribution in [-0.4, -0.2) is 66.1 Å². The summed E-state index contributed by atoms with van der Waals surface area (Å²) in [5.41, 5.74) is 0. The zero-order valence-electron chi connectivity index (χ0n) is 12.2. The monoisotopic (exact) mass is 300 g/mol. The Kier molecular flexibility index (Phi) is 5.81. The van der Waals surface area contributed by atoms with E-state index >= 15 is 0 Å². The van der Waals surface area contributed by atoms with Crippen LogP contribution in [-0.2, 0) is 9.53 Å². The van der Waals surface area contributed by atoms with Gasteiger partial charge >= 0.3 is 12.0 Å². The Balaban J connectivity index is 1.68. The number of nitrogens with zero attached hydrogens (tertiary/aromatic N) is 1. The van der Waals surface area contributed by atoms with Crippen molar-refractivity contribution >= 4 is 12.0 Å². The second kappa shape index (κ2) is 7.61. The van der Waals surface area contributed by atoms with E-state index in [1.54, 1.807) is 4.90 Å². The molecule has 2 amide bonds. The van der Waals surface area contributed by atoms with Crippen molar-refractivity contribution in [2.24, 2.45) is 11.8 Å². The molecule has 21 heavy (non-hydrogen) atoms. The molecule has 1 saturated heterocycles. The molecule has 1 unspecified atom stereocenters. The van der Waals surface area contributed by atoms with Gasteiger partial charge in [-0.3, -0.25) is 4.79 Å². The van der Waals surface area contributed by atoms with E-state index < -0.39 is 5.97 Å². The summed E-state index contributed by atoms with van der Waals surface area (Å²) in [6.07, 6.45) is 2.79. The average molecular weight is 300 g/mol. The van der Waals surface area contributed by atoms with Gasteiger partial charge in [0.25, 0.3) is 0 Å². The first-order valence-electron chi connectivity index (χ1n) is 7.58. The first-order valence-corrected chi connectivity index (χ1v) is 7.58. The van der Waals surface area contributed by atoms with Crippen LogP contribution in [0.3, 0.4) is 0 Å². The van der Waals surface area contributed by atoms with Crippen LogP contribution in [0.4, 0.5) is 4.79 Å². The molecule has 2 aliphatic rings. The molecule has 1 heterocycles. The van der Waals surface area contributed by atoms with Crippen molar-refractivity contribution in [3.63, 3.8) is 0 Å². The lowest BCUT2D eigenvalue weighted by Gasteiger charge is -2.33. The Labute approximate surface area is 124 Å². The maximum atomic E-state index is 12.1. The van der Waals surface area contributed by atoms with Gasteiger partial charge in [0.15, 0.2) is 0 Å². The average Bonchev–Trinajstić information content (AvgIpc) is 2.53. The third-order valence-electron chi connectivity index (χ3n) is 4.37. The topological polar surface area (TPSA) is 99.1 Å². The molecule has 1 aliphatic carbocycles. The lowest BCUT2D eigenvalue weighted by molar-refractivity contribution is -0.143. The number of aliphatic carboxylic acids is 1. The van der Waals surface area contributed by atoms with Crippen molar-refractivity contribution in [1.82, 2.24) is 10.2 Å². The number of rotatable bonds is 4. The number of carbonyl (C=O) groups is 2. The molecule has 2 rings (SSSR count). The van der Waals surface area contributed by atoms with E-state index in [2.05, 4.69) is 5.32 Å². The molecule has 1 aliphatic heterocycles. The number of carbonyl (C=O) groups excluding carboxylic acids is 1. The number of aliphatic hydroxyl groups is 1. The lowest BCUT2D eigenvalue weighted by Crippen LogP contribution is -2.51. The Bertz CT molecular complexity index is 368. The predicted octanol–water partition coefficient (Wildman–Crippen LogP) is 0.280.